The number of nitrogens with one attached hydrogen (secondary N) is 1. The summed E-state index contributed by atoms with van der Waals surface area (Å²) in [5.74, 6) is 0.0469. The number of anilines is 1. The quantitative estimate of drug-likeness (QED) is 0.187. The molecule has 0 spiro atoms. The molecule has 0 bridgehead atoms. The van der Waals surface area contributed by atoms with Crippen LogP contribution in [0.15, 0.2) is 89.8 Å². The molecule has 0 atom stereocenters. The van der Waals surface area contributed by atoms with E-state index in [4.69, 9.17) is 21.1 Å². The van der Waals surface area contributed by atoms with Crippen molar-refractivity contribution < 1.29 is 27.1 Å². The van der Waals surface area contributed by atoms with Crippen molar-refractivity contribution in [2.45, 2.75) is 50.6 Å². The van der Waals surface area contributed by atoms with Crippen molar-refractivity contribution in [2.24, 2.45) is 0 Å². The summed E-state index contributed by atoms with van der Waals surface area (Å²) >= 11 is 5.86. The van der Waals surface area contributed by atoms with E-state index in [2.05, 4.69) is 25.5 Å². The molecule has 1 N–H and O–H groups in total. The van der Waals surface area contributed by atoms with Gasteiger partial charge in [0.25, 0.3) is 10.0 Å². The summed E-state index contributed by atoms with van der Waals surface area (Å²) in [7, 11) is -4.09. The van der Waals surface area contributed by atoms with E-state index in [1.54, 1.807) is 41.3 Å². The van der Waals surface area contributed by atoms with Crippen LogP contribution in [0, 0.1) is 5.82 Å². The number of hydrogen-bond donors (Lipinski definition) is 1. The van der Waals surface area contributed by atoms with Gasteiger partial charge in [-0.2, -0.15) is 0 Å². The minimum absolute atomic E-state index is 0.0117. The third-order valence-electron chi connectivity index (χ3n) is 7.36. The molecule has 0 aliphatic carbocycles. The Morgan fingerprint density at radius 3 is 2.16 bits per heavy atom. The summed E-state index contributed by atoms with van der Waals surface area (Å²) < 4.78 is 54.5. The van der Waals surface area contributed by atoms with Crippen LogP contribution in [-0.4, -0.2) is 32.4 Å². The molecule has 230 valence electrons. The standard InChI is InChI=1S/C34H34ClFN2O5S/c1-34(2,3)26-7-4-23(5-8-26)18-33(39)38-21-24-6-14-30(19-25(24)22-38)44(40,41)37-32-15-13-29(20-31(32)36)43-17-16-42-28-11-9-27(35)10-12-28/h4-15,19-20,37H,16-18,21-22H2,1-3H3. The highest BCUT2D eigenvalue weighted by Gasteiger charge is 2.26. The van der Waals surface area contributed by atoms with Gasteiger partial charge in [0.05, 0.1) is 17.0 Å². The Bertz CT molecular complexity index is 1750. The highest BCUT2D eigenvalue weighted by molar-refractivity contribution is 7.92. The van der Waals surface area contributed by atoms with Gasteiger partial charge in [-0.1, -0.05) is 62.7 Å². The molecule has 0 unspecified atom stereocenters. The van der Waals surface area contributed by atoms with Crippen molar-refractivity contribution in [3.8, 4) is 11.5 Å². The number of benzene rings is 4. The molecular formula is C34H34ClFN2O5S. The molecule has 0 aromatic heterocycles. The highest BCUT2D eigenvalue weighted by Crippen LogP contribution is 2.29. The van der Waals surface area contributed by atoms with Gasteiger partial charge in [-0.25, -0.2) is 12.8 Å². The van der Waals surface area contributed by atoms with Crippen LogP contribution in [0.2, 0.25) is 5.02 Å². The Balaban J connectivity index is 1.16. The summed E-state index contributed by atoms with van der Waals surface area (Å²) in [6.07, 6.45) is 0.263. The lowest BCUT2D eigenvalue weighted by Crippen LogP contribution is -2.26. The van der Waals surface area contributed by atoms with Crippen LogP contribution in [0.5, 0.6) is 11.5 Å². The van der Waals surface area contributed by atoms with Gasteiger partial charge < -0.3 is 14.4 Å². The number of carbonyl (C=O) groups excluding carboxylic acids is 1. The van der Waals surface area contributed by atoms with Crippen molar-refractivity contribution >= 4 is 33.2 Å². The maximum atomic E-state index is 14.8. The molecule has 1 aliphatic heterocycles. The predicted octanol–water partition coefficient (Wildman–Crippen LogP) is 7.12. The van der Waals surface area contributed by atoms with E-state index in [1.807, 2.05) is 24.3 Å². The van der Waals surface area contributed by atoms with E-state index in [1.165, 1.54) is 23.8 Å². The Kier molecular flexibility index (Phi) is 9.18. The zero-order valence-electron chi connectivity index (χ0n) is 24.8. The molecule has 1 heterocycles. The Morgan fingerprint density at radius 2 is 1.50 bits per heavy atom. The number of ether oxygens (including phenoxy) is 2. The number of sulfonamides is 1. The second-order valence-corrected chi connectivity index (χ2v) is 13.8. The van der Waals surface area contributed by atoms with E-state index in [0.717, 1.165) is 22.8 Å². The topological polar surface area (TPSA) is 84.9 Å². The first-order valence-corrected chi connectivity index (χ1v) is 16.1. The van der Waals surface area contributed by atoms with Crippen LogP contribution < -0.4 is 14.2 Å². The van der Waals surface area contributed by atoms with Crippen LogP contribution in [0.4, 0.5) is 10.1 Å². The van der Waals surface area contributed by atoms with Crippen LogP contribution in [0.3, 0.4) is 0 Å². The summed E-state index contributed by atoms with van der Waals surface area (Å²) in [6, 6.07) is 23.5. The van der Waals surface area contributed by atoms with Gasteiger partial charge in [-0.05, 0) is 76.2 Å². The lowest BCUT2D eigenvalue weighted by molar-refractivity contribution is -0.131. The molecule has 0 saturated heterocycles. The zero-order chi connectivity index (χ0) is 31.5. The fourth-order valence-corrected chi connectivity index (χ4v) is 6.09. The number of nitrogens with zero attached hydrogens (tertiary/aromatic N) is 1. The maximum absolute atomic E-state index is 14.8. The van der Waals surface area contributed by atoms with Crippen molar-refractivity contribution in [3.63, 3.8) is 0 Å². The van der Waals surface area contributed by atoms with E-state index in [9.17, 15) is 17.6 Å². The maximum Gasteiger partial charge on any atom is 0.261 e. The van der Waals surface area contributed by atoms with Crippen molar-refractivity contribution in [1.29, 1.82) is 0 Å². The zero-order valence-corrected chi connectivity index (χ0v) is 26.3. The van der Waals surface area contributed by atoms with E-state index < -0.39 is 15.8 Å². The number of rotatable bonds is 10. The van der Waals surface area contributed by atoms with Gasteiger partial charge in [-0.15, -0.1) is 0 Å². The lowest BCUT2D eigenvalue weighted by atomic mass is 9.86. The van der Waals surface area contributed by atoms with Crippen LogP contribution in [0.1, 0.15) is 43.0 Å². The monoisotopic (exact) mass is 636 g/mol. The van der Waals surface area contributed by atoms with Gasteiger partial charge in [0.2, 0.25) is 5.91 Å². The van der Waals surface area contributed by atoms with Crippen LogP contribution in [0.25, 0.3) is 0 Å². The minimum atomic E-state index is -4.09. The molecule has 4 aromatic carbocycles. The van der Waals surface area contributed by atoms with Gasteiger partial charge in [0.1, 0.15) is 24.7 Å². The average molecular weight is 637 g/mol. The molecule has 1 aliphatic rings. The molecule has 0 saturated carbocycles. The summed E-state index contributed by atoms with van der Waals surface area (Å²) in [5, 5.41) is 0.600. The number of carbonyl (C=O) groups is 1. The smallest absolute Gasteiger partial charge is 0.261 e. The number of fused-ring (bicyclic) bond motifs is 1. The fraction of sp³-hybridized carbons (Fsp3) is 0.265. The Morgan fingerprint density at radius 1 is 0.864 bits per heavy atom. The third-order valence-corrected chi connectivity index (χ3v) is 8.97. The van der Waals surface area contributed by atoms with Gasteiger partial charge >= 0.3 is 0 Å². The first kappa shape index (κ1) is 31.3. The minimum Gasteiger partial charge on any atom is -0.490 e. The summed E-state index contributed by atoms with van der Waals surface area (Å²) in [6.45, 7) is 7.52. The van der Waals surface area contributed by atoms with Gasteiger partial charge in [-0.3, -0.25) is 9.52 Å². The van der Waals surface area contributed by atoms with E-state index >= 15 is 0 Å². The third kappa shape index (κ3) is 7.70. The van der Waals surface area contributed by atoms with Crippen molar-refractivity contribution in [2.75, 3.05) is 17.9 Å². The largest absolute Gasteiger partial charge is 0.490 e. The molecule has 44 heavy (non-hydrogen) atoms. The SMILES string of the molecule is CC(C)(C)c1ccc(CC(=O)N2Cc3ccc(S(=O)(=O)Nc4ccc(OCCOc5ccc(Cl)cc5)cc4F)cc3C2)cc1. The Hall–Kier alpha value is -4.08. The summed E-state index contributed by atoms with van der Waals surface area (Å²) in [5.41, 5.74) is 3.58. The number of amides is 1. The molecule has 4 aromatic rings. The normalized spacial score (nSPS) is 13.0. The van der Waals surface area contributed by atoms with Crippen molar-refractivity contribution in [1.82, 2.24) is 4.90 Å². The number of halogens is 2. The van der Waals surface area contributed by atoms with E-state index in [-0.39, 0.29) is 47.3 Å². The van der Waals surface area contributed by atoms with E-state index in [0.29, 0.717) is 23.9 Å². The fourth-order valence-electron chi connectivity index (χ4n) is 4.85. The second-order valence-electron chi connectivity index (χ2n) is 11.7. The molecular weight excluding hydrogens is 603 g/mol. The Labute approximate surface area is 262 Å². The highest BCUT2D eigenvalue weighted by atomic mass is 35.5. The van der Waals surface area contributed by atoms with Gasteiger partial charge in [0, 0.05) is 24.2 Å². The first-order chi connectivity index (χ1) is 20.9. The van der Waals surface area contributed by atoms with Gasteiger partial charge in [0.15, 0.2) is 5.82 Å². The first-order valence-electron chi connectivity index (χ1n) is 14.2. The molecule has 0 radical (unpaired) electrons. The predicted molar refractivity (Wildman–Crippen MR) is 169 cm³/mol. The molecule has 1 amide bonds. The molecule has 0 fully saturated rings. The lowest BCUT2D eigenvalue weighted by Gasteiger charge is -2.19. The molecule has 7 nitrogen and oxygen atoms in total. The number of hydrogen-bond acceptors (Lipinski definition) is 5. The second kappa shape index (κ2) is 12.9. The van der Waals surface area contributed by atoms with Crippen molar-refractivity contribution in [3.05, 3.63) is 118 Å². The molecule has 10 heteroatoms. The van der Waals surface area contributed by atoms with Crippen LogP contribution in [-0.2, 0) is 39.7 Å². The average Bonchev–Trinajstić information content (AvgIpc) is 3.41. The summed E-state index contributed by atoms with van der Waals surface area (Å²) in [4.78, 5) is 14.7. The molecule has 5 rings (SSSR count). The van der Waals surface area contributed by atoms with Crippen LogP contribution >= 0.6 is 11.6 Å².